The molecule has 1 N–H and O–H groups in total. The molecule has 0 aliphatic carbocycles. The zero-order valence-corrected chi connectivity index (χ0v) is 13.5. The molecule has 3 aromatic rings. The van der Waals surface area contributed by atoms with E-state index in [0.29, 0.717) is 0 Å². The van der Waals surface area contributed by atoms with Crippen molar-refractivity contribution in [1.29, 1.82) is 0 Å². The van der Waals surface area contributed by atoms with Crippen molar-refractivity contribution in [3.05, 3.63) is 62.8 Å². The molecule has 0 spiro atoms. The zero-order chi connectivity index (χ0) is 18.2. The average molecular weight is 391 g/mol. The van der Waals surface area contributed by atoms with E-state index in [9.17, 15) is 18.0 Å². The van der Waals surface area contributed by atoms with Crippen molar-refractivity contribution < 1.29 is 17.9 Å². The molecular weight excluding hydrogens is 384 g/mol. The molecule has 0 saturated heterocycles. The number of hydrogen-bond acceptors (Lipinski definition) is 4. The summed E-state index contributed by atoms with van der Waals surface area (Å²) >= 11 is 11.5. The minimum atomic E-state index is -4.93. The largest absolute Gasteiger partial charge is 0.449 e. The standard InChI is InChI=1S/C14H7Cl2F3N4O2/c15-8-3-2-7(6-9(8)16)25-10-11(14(17,18)19)21-13(22-12(10)24)23-5-1-4-20-23/h1-6H,(H,21,22,24). The van der Waals surface area contributed by atoms with Crippen LogP contribution >= 0.6 is 23.2 Å². The number of ether oxygens (including phenoxy) is 1. The first-order chi connectivity index (χ1) is 11.8. The van der Waals surface area contributed by atoms with E-state index in [2.05, 4.69) is 15.1 Å². The van der Waals surface area contributed by atoms with E-state index in [-0.39, 0.29) is 15.8 Å². The molecule has 0 aliphatic heterocycles. The predicted molar refractivity (Wildman–Crippen MR) is 83.5 cm³/mol. The van der Waals surface area contributed by atoms with Crippen LogP contribution in [0.1, 0.15) is 5.69 Å². The summed E-state index contributed by atoms with van der Waals surface area (Å²) in [6.45, 7) is 0. The van der Waals surface area contributed by atoms with Crippen LogP contribution in [0, 0.1) is 0 Å². The second kappa shape index (κ2) is 6.41. The molecular formula is C14H7Cl2F3N4O2. The first-order valence-electron chi connectivity index (χ1n) is 6.60. The Balaban J connectivity index is 2.12. The van der Waals surface area contributed by atoms with E-state index in [1.165, 1.54) is 36.7 Å². The SMILES string of the molecule is O=c1[nH]c(-n2cccn2)nc(C(F)(F)F)c1Oc1ccc(Cl)c(Cl)c1. The number of alkyl halides is 3. The maximum atomic E-state index is 13.3. The van der Waals surface area contributed by atoms with Gasteiger partial charge in [-0.3, -0.25) is 9.78 Å². The van der Waals surface area contributed by atoms with Gasteiger partial charge in [-0.05, 0) is 18.2 Å². The summed E-state index contributed by atoms with van der Waals surface area (Å²) in [5.41, 5.74) is -2.62. The first kappa shape index (κ1) is 17.3. The number of nitrogens with zero attached hydrogens (tertiary/aromatic N) is 3. The van der Waals surface area contributed by atoms with Gasteiger partial charge in [0.25, 0.3) is 5.56 Å². The number of aromatic nitrogens is 4. The molecule has 6 nitrogen and oxygen atoms in total. The van der Waals surface area contributed by atoms with Crippen LogP contribution in [0.4, 0.5) is 13.2 Å². The molecule has 0 amide bonds. The van der Waals surface area contributed by atoms with Crippen LogP contribution in [0.15, 0.2) is 41.5 Å². The smallest absolute Gasteiger partial charge is 0.437 e. The molecule has 11 heteroatoms. The number of nitrogens with one attached hydrogen (secondary N) is 1. The lowest BCUT2D eigenvalue weighted by Gasteiger charge is -2.13. The van der Waals surface area contributed by atoms with Gasteiger partial charge in [-0.1, -0.05) is 23.2 Å². The van der Waals surface area contributed by atoms with Crippen molar-refractivity contribution in [2.45, 2.75) is 6.18 Å². The van der Waals surface area contributed by atoms with Crippen LogP contribution < -0.4 is 10.3 Å². The van der Waals surface area contributed by atoms with Crippen molar-refractivity contribution >= 4 is 23.2 Å². The summed E-state index contributed by atoms with van der Waals surface area (Å²) in [5.74, 6) is -1.51. The predicted octanol–water partition coefficient (Wildman–Crippen LogP) is 4.07. The molecule has 0 aliphatic rings. The quantitative estimate of drug-likeness (QED) is 0.731. The first-order valence-corrected chi connectivity index (χ1v) is 7.36. The fraction of sp³-hybridized carbons (Fsp3) is 0.0714. The van der Waals surface area contributed by atoms with Gasteiger partial charge >= 0.3 is 6.18 Å². The van der Waals surface area contributed by atoms with Gasteiger partial charge in [-0.2, -0.15) is 18.3 Å². The van der Waals surface area contributed by atoms with Gasteiger partial charge in [0.15, 0.2) is 5.69 Å². The fourth-order valence-corrected chi connectivity index (χ4v) is 2.19. The van der Waals surface area contributed by atoms with E-state index in [1.54, 1.807) is 0 Å². The number of H-pyrrole nitrogens is 1. The van der Waals surface area contributed by atoms with Gasteiger partial charge in [-0.15, -0.1) is 0 Å². The van der Waals surface area contributed by atoms with Gasteiger partial charge in [0.1, 0.15) is 5.75 Å². The summed E-state index contributed by atoms with van der Waals surface area (Å²) in [6.07, 6.45) is -2.27. The molecule has 25 heavy (non-hydrogen) atoms. The summed E-state index contributed by atoms with van der Waals surface area (Å²) in [7, 11) is 0. The maximum Gasteiger partial charge on any atom is 0.437 e. The minimum Gasteiger partial charge on any atom is -0.449 e. The summed E-state index contributed by atoms with van der Waals surface area (Å²) in [5, 5.41) is 3.98. The Hall–Kier alpha value is -2.52. The highest BCUT2D eigenvalue weighted by Gasteiger charge is 2.39. The topological polar surface area (TPSA) is 72.8 Å². The van der Waals surface area contributed by atoms with Gasteiger partial charge in [0.2, 0.25) is 11.7 Å². The van der Waals surface area contributed by atoms with Gasteiger partial charge < -0.3 is 4.74 Å². The third-order valence-electron chi connectivity index (χ3n) is 2.97. The van der Waals surface area contributed by atoms with E-state index in [4.69, 9.17) is 27.9 Å². The Morgan fingerprint density at radius 3 is 2.56 bits per heavy atom. The molecule has 0 saturated carbocycles. The van der Waals surface area contributed by atoms with E-state index in [1.807, 2.05) is 0 Å². The van der Waals surface area contributed by atoms with Crippen LogP contribution in [0.2, 0.25) is 10.0 Å². The van der Waals surface area contributed by atoms with Crippen molar-refractivity contribution in [3.63, 3.8) is 0 Å². The molecule has 0 radical (unpaired) electrons. The molecule has 2 heterocycles. The summed E-state index contributed by atoms with van der Waals surface area (Å²) < 4.78 is 46.0. The molecule has 0 atom stereocenters. The second-order valence-corrected chi connectivity index (χ2v) is 5.51. The average Bonchev–Trinajstić information content (AvgIpc) is 3.06. The highest BCUT2D eigenvalue weighted by atomic mass is 35.5. The van der Waals surface area contributed by atoms with Gasteiger partial charge in [0.05, 0.1) is 10.0 Å². The van der Waals surface area contributed by atoms with Crippen LogP contribution in [0.25, 0.3) is 5.95 Å². The third-order valence-corrected chi connectivity index (χ3v) is 3.70. The number of rotatable bonds is 3. The van der Waals surface area contributed by atoms with Crippen molar-refractivity contribution in [2.75, 3.05) is 0 Å². The highest BCUT2D eigenvalue weighted by Crippen LogP contribution is 2.36. The Kier molecular flexibility index (Phi) is 4.44. The van der Waals surface area contributed by atoms with Crippen molar-refractivity contribution in [3.8, 4) is 17.4 Å². The lowest BCUT2D eigenvalue weighted by atomic mass is 10.3. The Labute approximate surface area is 147 Å². The van der Waals surface area contributed by atoms with Crippen LogP contribution in [0.5, 0.6) is 11.5 Å². The fourth-order valence-electron chi connectivity index (χ4n) is 1.90. The normalized spacial score (nSPS) is 11.6. The number of hydrogen-bond donors (Lipinski definition) is 1. The molecule has 0 bridgehead atoms. The van der Waals surface area contributed by atoms with Gasteiger partial charge in [-0.25, -0.2) is 9.67 Å². The third kappa shape index (κ3) is 3.62. The Morgan fingerprint density at radius 1 is 1.20 bits per heavy atom. The summed E-state index contributed by atoms with van der Waals surface area (Å²) in [4.78, 5) is 17.7. The van der Waals surface area contributed by atoms with Crippen molar-refractivity contribution in [1.82, 2.24) is 19.7 Å². The molecule has 2 aromatic heterocycles. The van der Waals surface area contributed by atoms with E-state index < -0.39 is 29.1 Å². The summed E-state index contributed by atoms with van der Waals surface area (Å²) in [6, 6.07) is 5.25. The number of aromatic amines is 1. The van der Waals surface area contributed by atoms with Crippen LogP contribution in [0.3, 0.4) is 0 Å². The Morgan fingerprint density at radius 2 is 1.96 bits per heavy atom. The molecule has 3 rings (SSSR count). The number of halogens is 5. The lowest BCUT2D eigenvalue weighted by molar-refractivity contribution is -0.142. The van der Waals surface area contributed by atoms with Gasteiger partial charge in [0, 0.05) is 18.5 Å². The molecule has 1 aromatic carbocycles. The van der Waals surface area contributed by atoms with E-state index >= 15 is 0 Å². The lowest BCUT2D eigenvalue weighted by Crippen LogP contribution is -2.22. The molecule has 0 fully saturated rings. The van der Waals surface area contributed by atoms with Crippen LogP contribution in [-0.4, -0.2) is 19.7 Å². The minimum absolute atomic E-state index is 0.0604. The Bertz CT molecular complexity index is 971. The van der Waals surface area contributed by atoms with E-state index in [0.717, 1.165) is 4.68 Å². The monoisotopic (exact) mass is 390 g/mol. The van der Waals surface area contributed by atoms with Crippen molar-refractivity contribution in [2.24, 2.45) is 0 Å². The highest BCUT2D eigenvalue weighted by molar-refractivity contribution is 6.42. The number of benzene rings is 1. The molecule has 0 unspecified atom stereocenters. The zero-order valence-electron chi connectivity index (χ0n) is 12.0. The van der Waals surface area contributed by atoms with Crippen LogP contribution in [-0.2, 0) is 6.18 Å². The maximum absolute atomic E-state index is 13.3. The molecule has 130 valence electrons. The second-order valence-electron chi connectivity index (χ2n) is 4.69.